The SMILES string of the molecule is CC1=C(CCCCCN2CCN(C(=O)C3CC3)CC2)C(=O)N(c2ccc(C#N)c(C(F)(F)F)c2)C1=O.N#Cc1ccccc1. The van der Waals surface area contributed by atoms with Crippen LogP contribution in [0.1, 0.15) is 62.1 Å². The van der Waals surface area contributed by atoms with Crippen molar-refractivity contribution in [1.29, 1.82) is 10.5 Å². The summed E-state index contributed by atoms with van der Waals surface area (Å²) >= 11 is 0. The van der Waals surface area contributed by atoms with Crippen molar-refractivity contribution < 1.29 is 27.6 Å². The molecule has 2 fully saturated rings. The highest BCUT2D eigenvalue weighted by molar-refractivity contribution is 6.32. The molecule has 11 heteroatoms. The maximum atomic E-state index is 13.3. The van der Waals surface area contributed by atoms with E-state index < -0.39 is 29.1 Å². The van der Waals surface area contributed by atoms with Gasteiger partial charge in [0.15, 0.2) is 0 Å². The van der Waals surface area contributed by atoms with Crippen molar-refractivity contribution in [3.05, 3.63) is 76.4 Å². The van der Waals surface area contributed by atoms with Gasteiger partial charge >= 0.3 is 6.18 Å². The smallest absolute Gasteiger partial charge is 0.340 e. The second kappa shape index (κ2) is 14.3. The Bertz CT molecular complexity index is 1500. The Morgan fingerprint density at radius 2 is 1.59 bits per heavy atom. The predicted molar refractivity (Wildman–Crippen MR) is 157 cm³/mol. The highest BCUT2D eigenvalue weighted by atomic mass is 19.4. The van der Waals surface area contributed by atoms with Crippen molar-refractivity contribution in [1.82, 2.24) is 9.80 Å². The third kappa shape index (κ3) is 7.91. The summed E-state index contributed by atoms with van der Waals surface area (Å²) in [5.74, 6) is -0.698. The minimum Gasteiger partial charge on any atom is -0.340 e. The van der Waals surface area contributed by atoms with Crippen molar-refractivity contribution in [3.63, 3.8) is 0 Å². The van der Waals surface area contributed by atoms with Crippen LogP contribution in [-0.4, -0.2) is 60.2 Å². The van der Waals surface area contributed by atoms with Crippen molar-refractivity contribution in [3.8, 4) is 12.1 Å². The lowest BCUT2D eigenvalue weighted by atomic mass is 10.0. The Hall–Kier alpha value is -4.48. The number of hydrogen-bond acceptors (Lipinski definition) is 6. The number of unbranched alkanes of at least 4 members (excludes halogenated alkanes) is 2. The average Bonchev–Trinajstić information content (AvgIpc) is 3.85. The number of benzene rings is 2. The molecule has 0 radical (unpaired) electrons. The predicted octanol–water partition coefficient (Wildman–Crippen LogP) is 5.44. The molecule has 3 amide bonds. The molecule has 2 aromatic carbocycles. The van der Waals surface area contributed by atoms with Gasteiger partial charge in [-0.25, -0.2) is 4.90 Å². The molecule has 2 aromatic rings. The van der Waals surface area contributed by atoms with E-state index in [9.17, 15) is 27.6 Å². The summed E-state index contributed by atoms with van der Waals surface area (Å²) in [5, 5.41) is 17.3. The first-order valence-electron chi connectivity index (χ1n) is 14.7. The van der Waals surface area contributed by atoms with E-state index in [1.54, 1.807) is 12.1 Å². The molecule has 1 saturated carbocycles. The van der Waals surface area contributed by atoms with Gasteiger partial charge in [0.2, 0.25) is 5.91 Å². The van der Waals surface area contributed by atoms with Gasteiger partial charge in [-0.2, -0.15) is 23.7 Å². The molecule has 3 aliphatic rings. The number of nitriles is 2. The molecule has 44 heavy (non-hydrogen) atoms. The minimum absolute atomic E-state index is 0.190. The van der Waals surface area contributed by atoms with E-state index in [4.69, 9.17) is 10.5 Å². The number of nitrogens with zero attached hydrogens (tertiary/aromatic N) is 5. The van der Waals surface area contributed by atoms with Crippen LogP contribution in [-0.2, 0) is 20.6 Å². The molecule has 0 unspecified atom stereocenters. The Labute approximate surface area is 254 Å². The molecule has 5 rings (SSSR count). The Morgan fingerprint density at radius 3 is 2.16 bits per heavy atom. The van der Waals surface area contributed by atoms with Gasteiger partial charge in [0.25, 0.3) is 11.8 Å². The summed E-state index contributed by atoms with van der Waals surface area (Å²) in [4.78, 5) is 42.9. The van der Waals surface area contributed by atoms with Gasteiger partial charge in [0.05, 0.1) is 34.5 Å². The zero-order valence-electron chi connectivity index (χ0n) is 24.6. The number of carbonyl (C=O) groups is 3. The summed E-state index contributed by atoms with van der Waals surface area (Å²) in [5.41, 5.74) is -0.643. The first kappa shape index (κ1) is 32.4. The normalized spacial score (nSPS) is 17.2. The fraction of sp³-hybridized carbons (Fsp3) is 0.424. The van der Waals surface area contributed by atoms with Gasteiger partial charge in [0.1, 0.15) is 0 Å². The summed E-state index contributed by atoms with van der Waals surface area (Å²) in [6, 6.07) is 15.5. The number of imide groups is 1. The van der Waals surface area contributed by atoms with Gasteiger partial charge in [-0.3, -0.25) is 19.3 Å². The van der Waals surface area contributed by atoms with Crippen LogP contribution in [0, 0.1) is 28.6 Å². The summed E-state index contributed by atoms with van der Waals surface area (Å²) < 4.78 is 40.0. The molecule has 2 aliphatic heterocycles. The largest absolute Gasteiger partial charge is 0.417 e. The number of amides is 3. The lowest BCUT2D eigenvalue weighted by Gasteiger charge is -2.34. The maximum absolute atomic E-state index is 13.3. The quantitative estimate of drug-likeness (QED) is 0.293. The molecule has 8 nitrogen and oxygen atoms in total. The molecule has 230 valence electrons. The summed E-state index contributed by atoms with van der Waals surface area (Å²) in [6.45, 7) is 5.66. The lowest BCUT2D eigenvalue weighted by molar-refractivity contribution is -0.138. The molecule has 1 aliphatic carbocycles. The third-order valence-corrected chi connectivity index (χ3v) is 8.04. The number of halogens is 3. The third-order valence-electron chi connectivity index (χ3n) is 8.04. The van der Waals surface area contributed by atoms with E-state index in [0.29, 0.717) is 36.0 Å². The molecule has 0 atom stereocenters. The molecule has 0 bridgehead atoms. The van der Waals surface area contributed by atoms with Crippen molar-refractivity contribution in [2.45, 2.75) is 51.6 Å². The van der Waals surface area contributed by atoms with Crippen LogP contribution in [0.2, 0.25) is 0 Å². The van der Waals surface area contributed by atoms with Crippen molar-refractivity contribution in [2.24, 2.45) is 5.92 Å². The second-order valence-corrected chi connectivity index (χ2v) is 11.1. The lowest BCUT2D eigenvalue weighted by Crippen LogP contribution is -2.49. The highest BCUT2D eigenvalue weighted by Crippen LogP contribution is 2.37. The van der Waals surface area contributed by atoms with E-state index >= 15 is 0 Å². The zero-order chi connectivity index (χ0) is 31.9. The molecule has 1 saturated heterocycles. The minimum atomic E-state index is -4.78. The van der Waals surface area contributed by atoms with Gasteiger partial charge in [-0.1, -0.05) is 24.6 Å². The van der Waals surface area contributed by atoms with Crippen LogP contribution >= 0.6 is 0 Å². The van der Waals surface area contributed by atoms with E-state index in [1.165, 1.54) is 19.1 Å². The van der Waals surface area contributed by atoms with Gasteiger partial charge in [-0.15, -0.1) is 0 Å². The standard InChI is InChI=1S/C26H29F3N4O3.C7H5N/c1-17-21(5-3-2-4-10-31-11-13-32(14-12-31)24(35)18-6-7-18)25(36)33(23(17)34)20-9-8-19(16-30)22(15-20)26(27,28)29;8-6-7-4-2-1-3-5-7/h8-9,15,18H,2-7,10-14H2,1H3;1-5H. The molecule has 0 spiro atoms. The van der Waals surface area contributed by atoms with Crippen molar-refractivity contribution in [2.75, 3.05) is 37.6 Å². The molecule has 2 heterocycles. The fourth-order valence-electron chi connectivity index (χ4n) is 5.32. The summed E-state index contributed by atoms with van der Waals surface area (Å²) in [7, 11) is 0. The highest BCUT2D eigenvalue weighted by Gasteiger charge is 2.39. The molecule has 0 N–H and O–H groups in total. The summed E-state index contributed by atoms with van der Waals surface area (Å²) in [6.07, 6.45) is 0.0665. The van der Waals surface area contributed by atoms with E-state index in [-0.39, 0.29) is 17.2 Å². The molecule has 0 aromatic heterocycles. The number of hydrogen-bond donors (Lipinski definition) is 0. The first-order valence-corrected chi connectivity index (χ1v) is 14.7. The van der Waals surface area contributed by atoms with Crippen LogP contribution in [0.15, 0.2) is 59.7 Å². The monoisotopic (exact) mass is 605 g/mol. The number of anilines is 1. The molecular weight excluding hydrogens is 571 g/mol. The Morgan fingerprint density at radius 1 is 0.909 bits per heavy atom. The van der Waals surface area contributed by atoms with Crippen LogP contribution in [0.5, 0.6) is 0 Å². The second-order valence-electron chi connectivity index (χ2n) is 11.1. The topological polar surface area (TPSA) is 109 Å². The zero-order valence-corrected chi connectivity index (χ0v) is 24.6. The molecular formula is C33H34F3N5O3. The van der Waals surface area contributed by atoms with Gasteiger partial charge in [-0.05, 0) is 75.9 Å². The van der Waals surface area contributed by atoms with Crippen LogP contribution in [0.3, 0.4) is 0 Å². The van der Waals surface area contributed by atoms with E-state index in [1.807, 2.05) is 29.2 Å². The Balaban J connectivity index is 0.000000479. The van der Waals surface area contributed by atoms with Crippen LogP contribution < -0.4 is 4.90 Å². The average molecular weight is 606 g/mol. The van der Waals surface area contributed by atoms with E-state index in [2.05, 4.69) is 4.90 Å². The van der Waals surface area contributed by atoms with Crippen LogP contribution in [0.4, 0.5) is 18.9 Å². The fourth-order valence-corrected chi connectivity index (χ4v) is 5.32. The number of alkyl halides is 3. The van der Waals surface area contributed by atoms with Crippen LogP contribution in [0.25, 0.3) is 0 Å². The Kier molecular flexibility index (Phi) is 10.6. The van der Waals surface area contributed by atoms with Gasteiger partial charge < -0.3 is 4.90 Å². The number of piperazine rings is 1. The maximum Gasteiger partial charge on any atom is 0.417 e. The first-order chi connectivity index (χ1) is 21.0. The van der Waals surface area contributed by atoms with Crippen molar-refractivity contribution >= 4 is 23.4 Å². The number of carbonyl (C=O) groups excluding carboxylic acids is 3. The number of rotatable bonds is 8. The van der Waals surface area contributed by atoms with E-state index in [0.717, 1.165) is 69.4 Å². The van der Waals surface area contributed by atoms with Gasteiger partial charge in [0, 0.05) is 43.2 Å².